The number of likely N-dealkylation sites (tertiary alicyclic amines) is 1. The van der Waals surface area contributed by atoms with E-state index in [2.05, 4.69) is 10.2 Å². The maximum Gasteiger partial charge on any atom is 0.237 e. The van der Waals surface area contributed by atoms with E-state index in [0.29, 0.717) is 6.04 Å². The van der Waals surface area contributed by atoms with E-state index in [0.717, 1.165) is 32.2 Å². The summed E-state index contributed by atoms with van der Waals surface area (Å²) >= 11 is 0. The lowest BCUT2D eigenvalue weighted by atomic mass is 10.2. The van der Waals surface area contributed by atoms with Gasteiger partial charge in [0.2, 0.25) is 5.91 Å². The molecule has 1 heterocycles. The van der Waals surface area contributed by atoms with E-state index in [-0.39, 0.29) is 24.6 Å². The smallest absolute Gasteiger partial charge is 0.237 e. The van der Waals surface area contributed by atoms with E-state index >= 15 is 0 Å². The number of rotatable bonds is 4. The van der Waals surface area contributed by atoms with Crippen molar-refractivity contribution in [3.8, 4) is 0 Å². The molecule has 2 fully saturated rings. The summed E-state index contributed by atoms with van der Waals surface area (Å²) in [6.07, 6.45) is 4.35. The number of aliphatic hydroxyl groups excluding tert-OH is 1. The SMILES string of the molecule is CC(C(=O)NC1CC1)N1CCCC1CO. The molecule has 86 valence electrons. The van der Waals surface area contributed by atoms with Gasteiger partial charge < -0.3 is 10.4 Å². The molecule has 1 saturated carbocycles. The van der Waals surface area contributed by atoms with E-state index in [1.54, 1.807) is 0 Å². The summed E-state index contributed by atoms with van der Waals surface area (Å²) in [5.41, 5.74) is 0. The lowest BCUT2D eigenvalue weighted by molar-refractivity contribution is -0.126. The predicted molar refractivity (Wildman–Crippen MR) is 57.4 cm³/mol. The molecule has 2 atom stereocenters. The second-order valence-electron chi connectivity index (χ2n) is 4.68. The molecule has 2 aliphatic rings. The molecule has 1 aliphatic heterocycles. The fourth-order valence-electron chi connectivity index (χ4n) is 2.26. The van der Waals surface area contributed by atoms with Crippen LogP contribution in [0.5, 0.6) is 0 Å². The number of hydrogen-bond donors (Lipinski definition) is 2. The molecule has 0 aromatic carbocycles. The van der Waals surface area contributed by atoms with E-state index < -0.39 is 0 Å². The lowest BCUT2D eigenvalue weighted by Gasteiger charge is -2.28. The minimum absolute atomic E-state index is 0.0924. The van der Waals surface area contributed by atoms with Crippen molar-refractivity contribution in [3.63, 3.8) is 0 Å². The number of nitrogens with zero attached hydrogens (tertiary/aromatic N) is 1. The van der Waals surface area contributed by atoms with Crippen LogP contribution in [0.4, 0.5) is 0 Å². The average Bonchev–Trinajstić information content (AvgIpc) is 2.92. The van der Waals surface area contributed by atoms with Crippen molar-refractivity contribution in [2.75, 3.05) is 13.2 Å². The fourth-order valence-corrected chi connectivity index (χ4v) is 2.26. The number of hydrogen-bond acceptors (Lipinski definition) is 3. The molecule has 0 aromatic heterocycles. The Morgan fingerprint density at radius 2 is 2.27 bits per heavy atom. The normalized spacial score (nSPS) is 29.1. The maximum atomic E-state index is 11.8. The van der Waals surface area contributed by atoms with Crippen LogP contribution in [0.2, 0.25) is 0 Å². The number of amides is 1. The molecule has 1 aliphatic carbocycles. The summed E-state index contributed by atoms with van der Waals surface area (Å²) in [5.74, 6) is 0.123. The minimum Gasteiger partial charge on any atom is -0.395 e. The molecular formula is C11H20N2O2. The van der Waals surface area contributed by atoms with Crippen LogP contribution in [-0.2, 0) is 4.79 Å². The van der Waals surface area contributed by atoms with Gasteiger partial charge in [-0.3, -0.25) is 9.69 Å². The van der Waals surface area contributed by atoms with Crippen molar-refractivity contribution in [1.29, 1.82) is 0 Å². The Balaban J connectivity index is 1.87. The largest absolute Gasteiger partial charge is 0.395 e. The molecule has 15 heavy (non-hydrogen) atoms. The molecule has 1 amide bonds. The summed E-state index contributed by atoms with van der Waals surface area (Å²) in [4.78, 5) is 13.9. The van der Waals surface area contributed by atoms with Gasteiger partial charge >= 0.3 is 0 Å². The van der Waals surface area contributed by atoms with Crippen molar-refractivity contribution in [2.24, 2.45) is 0 Å². The Morgan fingerprint density at radius 3 is 2.87 bits per heavy atom. The number of nitrogens with one attached hydrogen (secondary N) is 1. The van der Waals surface area contributed by atoms with Crippen molar-refractivity contribution in [3.05, 3.63) is 0 Å². The van der Waals surface area contributed by atoms with Gasteiger partial charge in [0, 0.05) is 12.1 Å². The Labute approximate surface area is 90.6 Å². The van der Waals surface area contributed by atoms with Crippen LogP contribution in [-0.4, -0.2) is 47.2 Å². The Bertz CT molecular complexity index is 241. The third-order valence-electron chi connectivity index (χ3n) is 3.43. The van der Waals surface area contributed by atoms with Gasteiger partial charge in [-0.2, -0.15) is 0 Å². The van der Waals surface area contributed by atoms with Gasteiger partial charge in [0.1, 0.15) is 0 Å². The zero-order valence-corrected chi connectivity index (χ0v) is 9.28. The molecule has 0 aromatic rings. The molecule has 4 heteroatoms. The molecule has 2 N–H and O–H groups in total. The zero-order valence-electron chi connectivity index (χ0n) is 9.28. The second kappa shape index (κ2) is 4.49. The van der Waals surface area contributed by atoms with Gasteiger partial charge in [-0.05, 0) is 39.2 Å². The monoisotopic (exact) mass is 212 g/mol. The lowest BCUT2D eigenvalue weighted by Crippen LogP contribution is -2.48. The predicted octanol–water partition coefficient (Wildman–Crippen LogP) is 0.110. The van der Waals surface area contributed by atoms with Gasteiger partial charge in [0.15, 0.2) is 0 Å². The first kappa shape index (κ1) is 10.9. The third-order valence-corrected chi connectivity index (χ3v) is 3.43. The Morgan fingerprint density at radius 1 is 1.53 bits per heavy atom. The first-order valence-electron chi connectivity index (χ1n) is 5.89. The van der Waals surface area contributed by atoms with Crippen LogP contribution in [0, 0.1) is 0 Å². The number of carbonyl (C=O) groups is 1. The van der Waals surface area contributed by atoms with Crippen LogP contribution < -0.4 is 5.32 Å². The third kappa shape index (κ3) is 2.49. The summed E-state index contributed by atoms with van der Waals surface area (Å²) in [7, 11) is 0. The highest BCUT2D eigenvalue weighted by Crippen LogP contribution is 2.22. The van der Waals surface area contributed by atoms with E-state index in [1.165, 1.54) is 0 Å². The van der Waals surface area contributed by atoms with Crippen LogP contribution in [0.3, 0.4) is 0 Å². The van der Waals surface area contributed by atoms with E-state index in [1.807, 2.05) is 6.92 Å². The maximum absolute atomic E-state index is 11.8. The molecule has 2 rings (SSSR count). The van der Waals surface area contributed by atoms with Gasteiger partial charge in [0.05, 0.1) is 12.6 Å². The standard InChI is InChI=1S/C11H20N2O2/c1-8(11(15)12-9-4-5-9)13-6-2-3-10(13)7-14/h8-10,14H,2-7H2,1H3,(H,12,15). The highest BCUT2D eigenvalue weighted by molar-refractivity contribution is 5.81. The Kier molecular flexibility index (Phi) is 3.26. The fraction of sp³-hybridized carbons (Fsp3) is 0.909. The first-order chi connectivity index (χ1) is 7.22. The van der Waals surface area contributed by atoms with E-state index in [4.69, 9.17) is 0 Å². The van der Waals surface area contributed by atoms with Crippen molar-refractivity contribution >= 4 is 5.91 Å². The van der Waals surface area contributed by atoms with Crippen LogP contribution >= 0.6 is 0 Å². The summed E-state index contributed by atoms with van der Waals surface area (Å²) in [6.45, 7) is 3.04. The summed E-state index contributed by atoms with van der Waals surface area (Å²) in [5, 5.41) is 12.2. The molecule has 1 saturated heterocycles. The minimum atomic E-state index is -0.0924. The van der Waals surface area contributed by atoms with Crippen LogP contribution in [0.25, 0.3) is 0 Å². The van der Waals surface area contributed by atoms with Crippen LogP contribution in [0.1, 0.15) is 32.6 Å². The Hall–Kier alpha value is -0.610. The van der Waals surface area contributed by atoms with Gasteiger partial charge in [0.25, 0.3) is 0 Å². The molecule has 4 nitrogen and oxygen atoms in total. The highest BCUT2D eigenvalue weighted by Gasteiger charge is 2.33. The first-order valence-corrected chi connectivity index (χ1v) is 5.89. The van der Waals surface area contributed by atoms with Crippen LogP contribution in [0.15, 0.2) is 0 Å². The van der Waals surface area contributed by atoms with Gasteiger partial charge in [-0.1, -0.05) is 0 Å². The second-order valence-corrected chi connectivity index (χ2v) is 4.68. The van der Waals surface area contributed by atoms with Crippen molar-refractivity contribution < 1.29 is 9.90 Å². The van der Waals surface area contributed by atoms with E-state index in [9.17, 15) is 9.90 Å². The van der Waals surface area contributed by atoms with Gasteiger partial charge in [-0.15, -0.1) is 0 Å². The van der Waals surface area contributed by atoms with Gasteiger partial charge in [-0.25, -0.2) is 0 Å². The molecule has 0 radical (unpaired) electrons. The van der Waals surface area contributed by atoms with Crippen molar-refractivity contribution in [1.82, 2.24) is 10.2 Å². The number of carbonyl (C=O) groups excluding carboxylic acids is 1. The topological polar surface area (TPSA) is 52.6 Å². The zero-order chi connectivity index (χ0) is 10.8. The summed E-state index contributed by atoms with van der Waals surface area (Å²) in [6, 6.07) is 0.519. The average molecular weight is 212 g/mol. The summed E-state index contributed by atoms with van der Waals surface area (Å²) < 4.78 is 0. The molecular weight excluding hydrogens is 192 g/mol. The number of aliphatic hydroxyl groups is 1. The molecule has 0 bridgehead atoms. The quantitative estimate of drug-likeness (QED) is 0.695. The molecule has 2 unspecified atom stereocenters. The molecule has 0 spiro atoms. The van der Waals surface area contributed by atoms with Crippen molar-refractivity contribution in [2.45, 2.75) is 50.7 Å². The highest BCUT2D eigenvalue weighted by atomic mass is 16.3.